The van der Waals surface area contributed by atoms with Crippen molar-refractivity contribution >= 4 is 12.0 Å². The highest BCUT2D eigenvalue weighted by molar-refractivity contribution is 5.73. The van der Waals surface area contributed by atoms with Crippen LogP contribution in [-0.2, 0) is 9.53 Å². The number of benzene rings is 1. The summed E-state index contributed by atoms with van der Waals surface area (Å²) in [6.45, 7) is 7.19. The normalized spacial score (nSPS) is 22.6. The van der Waals surface area contributed by atoms with Crippen molar-refractivity contribution in [3.8, 4) is 0 Å². The first-order chi connectivity index (χ1) is 8.65. The Labute approximate surface area is 106 Å². The van der Waals surface area contributed by atoms with Crippen LogP contribution in [0.25, 0.3) is 6.08 Å². The van der Waals surface area contributed by atoms with E-state index in [1.165, 1.54) is 12.1 Å². The van der Waals surface area contributed by atoms with Crippen molar-refractivity contribution < 1.29 is 13.9 Å². The summed E-state index contributed by atoms with van der Waals surface area (Å²) in [4.78, 5) is 11.4. The smallest absolute Gasteiger partial charge is 0.306 e. The van der Waals surface area contributed by atoms with Gasteiger partial charge in [0.2, 0.25) is 0 Å². The van der Waals surface area contributed by atoms with Gasteiger partial charge >= 0.3 is 5.97 Å². The number of hydrogen-bond donors (Lipinski definition) is 0. The lowest BCUT2D eigenvalue weighted by atomic mass is 9.90. The zero-order chi connectivity index (χ0) is 13.1. The highest BCUT2D eigenvalue weighted by atomic mass is 19.1. The third-order valence-electron chi connectivity index (χ3n) is 3.19. The zero-order valence-corrected chi connectivity index (χ0v) is 10.1. The maximum Gasteiger partial charge on any atom is 0.306 e. The average molecular weight is 246 g/mol. The molecule has 18 heavy (non-hydrogen) atoms. The quantitative estimate of drug-likeness (QED) is 0.601. The molecule has 0 saturated carbocycles. The number of rotatable bonds is 4. The second-order valence-corrected chi connectivity index (χ2v) is 4.35. The molecular formula is C15H15FO2. The largest absolute Gasteiger partial charge is 0.461 e. The Hall–Kier alpha value is -1.90. The molecule has 2 unspecified atom stereocenters. The minimum absolute atomic E-state index is 0.0936. The van der Waals surface area contributed by atoms with E-state index in [2.05, 4.69) is 13.2 Å². The molecule has 2 rings (SSSR count). The number of ether oxygens (including phenoxy) is 1. The molecule has 2 nitrogen and oxygen atoms in total. The summed E-state index contributed by atoms with van der Waals surface area (Å²) in [6.07, 6.45) is 3.83. The molecule has 1 saturated heterocycles. The summed E-state index contributed by atoms with van der Waals surface area (Å²) in [7, 11) is 0. The summed E-state index contributed by atoms with van der Waals surface area (Å²) in [5.74, 6) is -0.650. The summed E-state index contributed by atoms with van der Waals surface area (Å²) in [6, 6.07) is 4.95. The second kappa shape index (κ2) is 5.17. The monoisotopic (exact) mass is 246 g/mol. The summed E-state index contributed by atoms with van der Waals surface area (Å²) < 4.78 is 18.9. The minimum atomic E-state index is -0.320. The van der Waals surface area contributed by atoms with Crippen LogP contribution >= 0.6 is 0 Å². The molecule has 0 radical (unpaired) electrons. The van der Waals surface area contributed by atoms with E-state index < -0.39 is 0 Å². The molecule has 0 amide bonds. The van der Waals surface area contributed by atoms with Crippen LogP contribution < -0.4 is 0 Å². The van der Waals surface area contributed by atoms with Gasteiger partial charge in [0.15, 0.2) is 0 Å². The number of cyclic esters (lactones) is 1. The zero-order valence-electron chi connectivity index (χ0n) is 10.1. The van der Waals surface area contributed by atoms with Crippen LogP contribution in [0.3, 0.4) is 0 Å². The molecule has 0 aromatic heterocycles. The molecule has 1 aromatic carbocycles. The van der Waals surface area contributed by atoms with E-state index >= 15 is 0 Å². The van der Waals surface area contributed by atoms with Crippen LogP contribution in [0.5, 0.6) is 0 Å². The van der Waals surface area contributed by atoms with Crippen molar-refractivity contribution in [2.75, 3.05) is 0 Å². The highest BCUT2D eigenvalue weighted by Crippen LogP contribution is 2.34. The number of halogens is 1. The Bertz CT molecular complexity index is 493. The van der Waals surface area contributed by atoms with E-state index in [9.17, 15) is 9.18 Å². The van der Waals surface area contributed by atoms with Crippen molar-refractivity contribution in [2.45, 2.75) is 24.9 Å². The molecular weight excluding hydrogens is 231 g/mol. The van der Waals surface area contributed by atoms with Crippen LogP contribution in [0.4, 0.5) is 4.39 Å². The van der Waals surface area contributed by atoms with Crippen molar-refractivity contribution in [1.82, 2.24) is 0 Å². The van der Waals surface area contributed by atoms with Gasteiger partial charge in [0.1, 0.15) is 11.9 Å². The van der Waals surface area contributed by atoms with Gasteiger partial charge in [-0.15, -0.1) is 6.58 Å². The SMILES string of the molecule is C=CCC1OC(=O)CC1c1ccc(C=C)c(F)c1. The summed E-state index contributed by atoms with van der Waals surface area (Å²) in [5.41, 5.74) is 1.25. The molecule has 1 heterocycles. The van der Waals surface area contributed by atoms with Crippen molar-refractivity contribution in [2.24, 2.45) is 0 Å². The van der Waals surface area contributed by atoms with Gasteiger partial charge in [-0.3, -0.25) is 4.79 Å². The Balaban J connectivity index is 2.29. The molecule has 1 fully saturated rings. The highest BCUT2D eigenvalue weighted by Gasteiger charge is 2.35. The first kappa shape index (κ1) is 12.6. The van der Waals surface area contributed by atoms with Gasteiger partial charge in [0.05, 0.1) is 6.42 Å². The summed E-state index contributed by atoms with van der Waals surface area (Å²) >= 11 is 0. The summed E-state index contributed by atoms with van der Waals surface area (Å²) in [5, 5.41) is 0. The fourth-order valence-corrected chi connectivity index (χ4v) is 2.26. The van der Waals surface area contributed by atoms with Gasteiger partial charge in [-0.2, -0.15) is 0 Å². The topological polar surface area (TPSA) is 26.3 Å². The van der Waals surface area contributed by atoms with Crippen LogP contribution in [0.15, 0.2) is 37.4 Å². The fourth-order valence-electron chi connectivity index (χ4n) is 2.26. The number of esters is 1. The molecule has 0 N–H and O–H groups in total. The molecule has 0 aliphatic carbocycles. The molecule has 94 valence electrons. The van der Waals surface area contributed by atoms with E-state index in [1.54, 1.807) is 12.1 Å². The molecule has 1 aromatic rings. The molecule has 1 aliphatic heterocycles. The van der Waals surface area contributed by atoms with Crippen LogP contribution in [-0.4, -0.2) is 12.1 Å². The van der Waals surface area contributed by atoms with Crippen molar-refractivity contribution in [3.05, 3.63) is 54.4 Å². The lowest BCUT2D eigenvalue weighted by Gasteiger charge is -2.16. The average Bonchev–Trinajstić information content (AvgIpc) is 2.71. The van der Waals surface area contributed by atoms with Crippen LogP contribution in [0, 0.1) is 5.82 Å². The Morgan fingerprint density at radius 1 is 1.44 bits per heavy atom. The van der Waals surface area contributed by atoms with Gasteiger partial charge in [0, 0.05) is 17.9 Å². The second-order valence-electron chi connectivity index (χ2n) is 4.35. The van der Waals surface area contributed by atoms with Crippen molar-refractivity contribution in [1.29, 1.82) is 0 Å². The van der Waals surface area contributed by atoms with Gasteiger partial charge < -0.3 is 4.74 Å². The lowest BCUT2D eigenvalue weighted by Crippen LogP contribution is -2.13. The standard InChI is InChI=1S/C15H15FO2/c1-3-5-14-12(9-15(17)18-14)11-7-6-10(4-2)13(16)8-11/h3-4,6-8,12,14H,1-2,5,9H2. The van der Waals surface area contributed by atoms with E-state index in [-0.39, 0.29) is 23.8 Å². The van der Waals surface area contributed by atoms with Crippen LogP contribution in [0.2, 0.25) is 0 Å². The number of carbonyl (C=O) groups excluding carboxylic acids is 1. The van der Waals surface area contributed by atoms with E-state index in [0.29, 0.717) is 18.4 Å². The first-order valence-electron chi connectivity index (χ1n) is 5.88. The number of carbonyl (C=O) groups is 1. The van der Waals surface area contributed by atoms with E-state index in [0.717, 1.165) is 5.56 Å². The molecule has 1 aliphatic rings. The first-order valence-corrected chi connectivity index (χ1v) is 5.88. The van der Waals surface area contributed by atoms with Crippen molar-refractivity contribution in [3.63, 3.8) is 0 Å². The van der Waals surface area contributed by atoms with Crippen LogP contribution in [0.1, 0.15) is 29.9 Å². The number of hydrogen-bond acceptors (Lipinski definition) is 2. The van der Waals surface area contributed by atoms with Gasteiger partial charge in [-0.1, -0.05) is 30.9 Å². The predicted molar refractivity (Wildman–Crippen MR) is 68.5 cm³/mol. The Kier molecular flexibility index (Phi) is 3.60. The Morgan fingerprint density at radius 2 is 2.22 bits per heavy atom. The Morgan fingerprint density at radius 3 is 2.83 bits per heavy atom. The maximum absolute atomic E-state index is 13.7. The van der Waals surface area contributed by atoms with Gasteiger partial charge in [0.25, 0.3) is 0 Å². The maximum atomic E-state index is 13.7. The lowest BCUT2D eigenvalue weighted by molar-refractivity contribution is -0.141. The van der Waals surface area contributed by atoms with E-state index in [1.807, 2.05) is 6.07 Å². The minimum Gasteiger partial charge on any atom is -0.461 e. The van der Waals surface area contributed by atoms with Gasteiger partial charge in [-0.05, 0) is 11.6 Å². The molecule has 2 atom stereocenters. The fraction of sp³-hybridized carbons (Fsp3) is 0.267. The molecule has 0 bridgehead atoms. The third kappa shape index (κ3) is 2.35. The third-order valence-corrected chi connectivity index (χ3v) is 3.19. The molecule has 0 spiro atoms. The van der Waals surface area contributed by atoms with Gasteiger partial charge in [-0.25, -0.2) is 4.39 Å². The predicted octanol–water partition coefficient (Wildman–Crippen LogP) is 3.44. The van der Waals surface area contributed by atoms with E-state index in [4.69, 9.17) is 4.74 Å². The molecule has 3 heteroatoms.